The summed E-state index contributed by atoms with van der Waals surface area (Å²) in [5.41, 5.74) is -1.38. The van der Waals surface area contributed by atoms with Gasteiger partial charge in [0.15, 0.2) is 15.7 Å². The van der Waals surface area contributed by atoms with Crippen LogP contribution in [0.4, 0.5) is 8.78 Å². The van der Waals surface area contributed by atoms with Crippen LogP contribution in [-0.2, 0) is 14.6 Å². The summed E-state index contributed by atoms with van der Waals surface area (Å²) < 4.78 is 50.2. The predicted octanol–water partition coefficient (Wildman–Crippen LogP) is 0.183. The minimum atomic E-state index is -4.39. The first-order valence-electron chi connectivity index (χ1n) is 4.85. The number of amides is 1. The first kappa shape index (κ1) is 15.0. The van der Waals surface area contributed by atoms with Crippen molar-refractivity contribution in [2.24, 2.45) is 0 Å². The number of rotatable bonds is 4. The van der Waals surface area contributed by atoms with Crippen molar-refractivity contribution in [2.75, 3.05) is 12.8 Å². The Labute approximate surface area is 107 Å². The molecule has 0 atom stereocenters. The van der Waals surface area contributed by atoms with Crippen LogP contribution in [0.3, 0.4) is 0 Å². The van der Waals surface area contributed by atoms with Gasteiger partial charge in [0.25, 0.3) is 0 Å². The lowest BCUT2D eigenvalue weighted by Gasteiger charge is -2.07. The van der Waals surface area contributed by atoms with Gasteiger partial charge in [0.05, 0.1) is 0 Å². The quantitative estimate of drug-likeness (QED) is 0.771. The molecule has 6 nitrogen and oxygen atoms in total. The number of carbonyl (C=O) groups is 2. The minimum absolute atomic E-state index is 0.517. The van der Waals surface area contributed by atoms with E-state index in [4.69, 9.17) is 5.11 Å². The summed E-state index contributed by atoms with van der Waals surface area (Å²) in [7, 11) is -3.21. The molecule has 1 aromatic carbocycles. The van der Waals surface area contributed by atoms with E-state index < -0.39 is 49.6 Å². The molecule has 9 heteroatoms. The van der Waals surface area contributed by atoms with Crippen LogP contribution in [0.15, 0.2) is 17.0 Å². The third-order valence-corrected chi connectivity index (χ3v) is 3.83. The average molecular weight is 293 g/mol. The predicted molar refractivity (Wildman–Crippen MR) is 59.4 cm³/mol. The topological polar surface area (TPSA) is 101 Å². The molecular weight excluding hydrogens is 284 g/mol. The molecule has 0 saturated heterocycles. The molecule has 19 heavy (non-hydrogen) atoms. The second kappa shape index (κ2) is 5.31. The molecule has 1 amide bonds. The Bertz CT molecular complexity index is 642. The van der Waals surface area contributed by atoms with E-state index >= 15 is 0 Å². The van der Waals surface area contributed by atoms with Gasteiger partial charge in [0.1, 0.15) is 22.0 Å². The van der Waals surface area contributed by atoms with Crippen LogP contribution < -0.4 is 5.32 Å². The van der Waals surface area contributed by atoms with Crippen LogP contribution in [0.5, 0.6) is 0 Å². The van der Waals surface area contributed by atoms with Gasteiger partial charge in [-0.2, -0.15) is 0 Å². The first-order valence-corrected chi connectivity index (χ1v) is 6.50. The number of nitrogens with one attached hydrogen (secondary N) is 1. The van der Waals surface area contributed by atoms with Crippen molar-refractivity contribution in [3.05, 3.63) is 29.3 Å². The molecule has 0 aliphatic carbocycles. The molecule has 0 unspecified atom stereocenters. The van der Waals surface area contributed by atoms with Gasteiger partial charge in [-0.3, -0.25) is 4.79 Å². The molecule has 1 rings (SSSR count). The van der Waals surface area contributed by atoms with Crippen molar-refractivity contribution in [2.45, 2.75) is 4.90 Å². The van der Waals surface area contributed by atoms with Crippen molar-refractivity contribution < 1.29 is 31.9 Å². The Kier molecular flexibility index (Phi) is 4.20. The van der Waals surface area contributed by atoms with E-state index in [0.717, 1.165) is 0 Å². The molecule has 0 radical (unpaired) electrons. The van der Waals surface area contributed by atoms with Gasteiger partial charge in [-0.05, 0) is 12.1 Å². The van der Waals surface area contributed by atoms with Crippen molar-refractivity contribution in [3.8, 4) is 0 Å². The molecule has 0 aromatic heterocycles. The van der Waals surface area contributed by atoms with Gasteiger partial charge >= 0.3 is 5.97 Å². The van der Waals surface area contributed by atoms with Gasteiger partial charge in [-0.25, -0.2) is 22.0 Å². The number of carboxylic acid groups (broad SMARTS) is 1. The van der Waals surface area contributed by atoms with Gasteiger partial charge in [-0.15, -0.1) is 0 Å². The van der Waals surface area contributed by atoms with E-state index in [0.29, 0.717) is 12.1 Å². The zero-order valence-electron chi connectivity index (χ0n) is 9.61. The molecule has 0 saturated carbocycles. The SMILES string of the molecule is CNC(=O)CS(=O)(=O)c1ccc(F)c(C(=O)O)c1F. The third kappa shape index (κ3) is 3.05. The van der Waals surface area contributed by atoms with Gasteiger partial charge in [0.2, 0.25) is 5.91 Å². The van der Waals surface area contributed by atoms with Crippen LogP contribution in [-0.4, -0.2) is 38.2 Å². The molecule has 104 valence electrons. The van der Waals surface area contributed by atoms with Crippen molar-refractivity contribution >= 4 is 21.7 Å². The van der Waals surface area contributed by atoms with Crippen LogP contribution in [0, 0.1) is 11.6 Å². The number of hydrogen-bond acceptors (Lipinski definition) is 4. The highest BCUT2D eigenvalue weighted by atomic mass is 32.2. The number of carbonyl (C=O) groups excluding carboxylic acids is 1. The second-order valence-corrected chi connectivity index (χ2v) is 5.43. The number of sulfone groups is 1. The largest absolute Gasteiger partial charge is 0.477 e. The highest BCUT2D eigenvalue weighted by molar-refractivity contribution is 7.92. The fourth-order valence-corrected chi connectivity index (χ4v) is 2.59. The third-order valence-electron chi connectivity index (χ3n) is 2.20. The molecule has 0 spiro atoms. The standard InChI is InChI=1S/C10H9F2NO5S/c1-13-7(14)4-19(17,18)6-3-2-5(11)8(9(6)12)10(15)16/h2-3H,4H2,1H3,(H,13,14)(H,15,16). The molecule has 0 aliphatic heterocycles. The first-order chi connectivity index (χ1) is 8.70. The smallest absolute Gasteiger partial charge is 0.341 e. The van der Waals surface area contributed by atoms with E-state index in [1.807, 2.05) is 5.32 Å². The van der Waals surface area contributed by atoms with Gasteiger partial charge < -0.3 is 10.4 Å². The number of hydrogen-bond donors (Lipinski definition) is 2. The monoisotopic (exact) mass is 293 g/mol. The summed E-state index contributed by atoms with van der Waals surface area (Å²) >= 11 is 0. The Hall–Kier alpha value is -2.03. The van der Waals surface area contributed by atoms with Gasteiger partial charge in [0, 0.05) is 7.05 Å². The highest BCUT2D eigenvalue weighted by Crippen LogP contribution is 2.22. The van der Waals surface area contributed by atoms with Crippen molar-refractivity contribution in [3.63, 3.8) is 0 Å². The summed E-state index contributed by atoms with van der Waals surface area (Å²) in [6, 6.07) is 1.10. The number of benzene rings is 1. The van der Waals surface area contributed by atoms with E-state index in [2.05, 4.69) is 0 Å². The molecule has 2 N–H and O–H groups in total. The normalized spacial score (nSPS) is 11.1. The minimum Gasteiger partial charge on any atom is -0.477 e. The number of carboxylic acids is 1. The van der Waals surface area contributed by atoms with Crippen molar-refractivity contribution in [1.82, 2.24) is 5.32 Å². The summed E-state index contributed by atoms with van der Waals surface area (Å²) in [5, 5.41) is 10.6. The maximum atomic E-state index is 13.7. The molecule has 0 aliphatic rings. The summed E-state index contributed by atoms with van der Waals surface area (Å²) in [6.07, 6.45) is 0. The maximum Gasteiger partial charge on any atom is 0.341 e. The molecule has 0 fully saturated rings. The lowest BCUT2D eigenvalue weighted by molar-refractivity contribution is -0.118. The number of halogens is 2. The Morgan fingerprint density at radius 2 is 1.89 bits per heavy atom. The number of aromatic carboxylic acids is 1. The zero-order chi connectivity index (χ0) is 14.8. The average Bonchev–Trinajstić information content (AvgIpc) is 2.27. The fraction of sp³-hybridized carbons (Fsp3) is 0.200. The van der Waals surface area contributed by atoms with Crippen molar-refractivity contribution in [1.29, 1.82) is 0 Å². The van der Waals surface area contributed by atoms with E-state index in [9.17, 15) is 26.8 Å². The highest BCUT2D eigenvalue weighted by Gasteiger charge is 2.28. The fourth-order valence-electron chi connectivity index (χ4n) is 1.29. The van der Waals surface area contributed by atoms with E-state index in [1.165, 1.54) is 7.05 Å². The van der Waals surface area contributed by atoms with Crippen LogP contribution >= 0.6 is 0 Å². The summed E-state index contributed by atoms with van der Waals surface area (Å²) in [4.78, 5) is 20.6. The van der Waals surface area contributed by atoms with E-state index in [-0.39, 0.29) is 0 Å². The lowest BCUT2D eigenvalue weighted by atomic mass is 10.2. The van der Waals surface area contributed by atoms with E-state index in [1.54, 1.807) is 0 Å². The lowest BCUT2D eigenvalue weighted by Crippen LogP contribution is -2.27. The maximum absolute atomic E-state index is 13.7. The van der Waals surface area contributed by atoms with Gasteiger partial charge in [-0.1, -0.05) is 0 Å². The van der Waals surface area contributed by atoms with Crippen LogP contribution in [0.1, 0.15) is 10.4 Å². The zero-order valence-corrected chi connectivity index (χ0v) is 10.4. The van der Waals surface area contributed by atoms with Crippen LogP contribution in [0.25, 0.3) is 0 Å². The molecular formula is C10H9F2NO5S. The summed E-state index contributed by atoms with van der Waals surface area (Å²) in [5.74, 6) is -7.03. The Morgan fingerprint density at radius 1 is 1.32 bits per heavy atom. The Balaban J connectivity index is 3.41. The molecule has 0 bridgehead atoms. The van der Waals surface area contributed by atoms with Crippen LogP contribution in [0.2, 0.25) is 0 Å². The second-order valence-electron chi connectivity index (χ2n) is 3.47. The molecule has 1 aromatic rings. The summed E-state index contributed by atoms with van der Waals surface area (Å²) in [6.45, 7) is 0. The molecule has 0 heterocycles. The Morgan fingerprint density at radius 3 is 2.37 bits per heavy atom.